The van der Waals surface area contributed by atoms with Crippen molar-refractivity contribution >= 4 is 5.91 Å². The first kappa shape index (κ1) is 18.1. The Balaban J connectivity index is 1.52. The van der Waals surface area contributed by atoms with Gasteiger partial charge in [-0.1, -0.05) is 48.0 Å². The molecule has 1 aromatic heterocycles. The second kappa shape index (κ2) is 7.16. The molecule has 2 fully saturated rings. The number of aromatic nitrogens is 2. The summed E-state index contributed by atoms with van der Waals surface area (Å²) in [6.07, 6.45) is 4.09. The zero-order valence-corrected chi connectivity index (χ0v) is 16.7. The molecular weight excluding hydrogens is 360 g/mol. The molecule has 29 heavy (non-hydrogen) atoms. The molecule has 2 aliphatic rings. The number of hydrogen-bond acceptors (Lipinski definition) is 3. The van der Waals surface area contributed by atoms with Crippen LogP contribution in [0.2, 0.25) is 0 Å². The molecule has 3 aromatic rings. The number of nitrogens with zero attached hydrogens (tertiary/aromatic N) is 3. The molecule has 2 aromatic carbocycles. The highest BCUT2D eigenvalue weighted by atomic mass is 16.2. The van der Waals surface area contributed by atoms with Gasteiger partial charge in [0.25, 0.3) is 5.91 Å². The van der Waals surface area contributed by atoms with Gasteiger partial charge < -0.3 is 10.6 Å². The van der Waals surface area contributed by atoms with Gasteiger partial charge in [-0.25, -0.2) is 4.68 Å². The molecule has 1 saturated heterocycles. The monoisotopic (exact) mass is 386 g/mol. The molecule has 5 rings (SSSR count). The first-order chi connectivity index (χ1) is 14.1. The van der Waals surface area contributed by atoms with Gasteiger partial charge in [0.2, 0.25) is 0 Å². The maximum absolute atomic E-state index is 13.5. The van der Waals surface area contributed by atoms with E-state index in [1.807, 2.05) is 58.2 Å². The quantitative estimate of drug-likeness (QED) is 0.747. The van der Waals surface area contributed by atoms with E-state index in [-0.39, 0.29) is 11.9 Å². The Bertz CT molecular complexity index is 1020. The fourth-order valence-electron chi connectivity index (χ4n) is 4.81. The van der Waals surface area contributed by atoms with Crippen molar-refractivity contribution in [1.82, 2.24) is 14.7 Å². The van der Waals surface area contributed by atoms with Gasteiger partial charge >= 0.3 is 0 Å². The Morgan fingerprint density at radius 2 is 1.79 bits per heavy atom. The Morgan fingerprint density at radius 3 is 2.52 bits per heavy atom. The van der Waals surface area contributed by atoms with Crippen LogP contribution in [0.15, 0.2) is 60.8 Å². The average Bonchev–Trinajstić information content (AvgIpc) is 3.45. The number of amides is 1. The predicted molar refractivity (Wildman–Crippen MR) is 114 cm³/mol. The zero-order valence-electron chi connectivity index (χ0n) is 16.7. The van der Waals surface area contributed by atoms with E-state index < -0.39 is 0 Å². The fraction of sp³-hybridized carbons (Fsp3) is 0.333. The van der Waals surface area contributed by atoms with E-state index in [4.69, 9.17) is 10.8 Å². The van der Waals surface area contributed by atoms with E-state index in [0.717, 1.165) is 42.9 Å². The van der Waals surface area contributed by atoms with Crippen LogP contribution in [0.1, 0.15) is 28.8 Å². The summed E-state index contributed by atoms with van der Waals surface area (Å²) in [5, 5.41) is 4.80. The van der Waals surface area contributed by atoms with Crippen LogP contribution >= 0.6 is 0 Å². The highest BCUT2D eigenvalue weighted by molar-refractivity contribution is 6.00. The van der Waals surface area contributed by atoms with Crippen LogP contribution in [0.25, 0.3) is 16.9 Å². The van der Waals surface area contributed by atoms with Crippen molar-refractivity contribution < 1.29 is 4.79 Å². The van der Waals surface area contributed by atoms with Gasteiger partial charge in [-0.2, -0.15) is 5.10 Å². The van der Waals surface area contributed by atoms with Crippen molar-refractivity contribution in [3.05, 3.63) is 71.9 Å². The summed E-state index contributed by atoms with van der Waals surface area (Å²) in [5.41, 5.74) is 10.8. The largest absolute Gasteiger partial charge is 0.338 e. The molecule has 2 N–H and O–H groups in total. The first-order valence-electron chi connectivity index (χ1n) is 10.4. The zero-order chi connectivity index (χ0) is 20.0. The lowest BCUT2D eigenvalue weighted by atomic mass is 9.98. The van der Waals surface area contributed by atoms with Gasteiger partial charge in [0.1, 0.15) is 5.69 Å². The lowest BCUT2D eigenvalue weighted by molar-refractivity contribution is 0.0780. The highest BCUT2D eigenvalue weighted by Gasteiger charge is 2.43. The number of benzene rings is 2. The van der Waals surface area contributed by atoms with Crippen molar-refractivity contribution in [3.63, 3.8) is 0 Å². The molecule has 3 unspecified atom stereocenters. The molecule has 0 bridgehead atoms. The average molecular weight is 386 g/mol. The minimum absolute atomic E-state index is 0.0591. The fourth-order valence-corrected chi connectivity index (χ4v) is 4.81. The summed E-state index contributed by atoms with van der Waals surface area (Å²) in [5.74, 6) is 1.04. The Hall–Kier alpha value is -2.92. The van der Waals surface area contributed by atoms with Crippen LogP contribution < -0.4 is 5.73 Å². The number of hydrogen-bond donors (Lipinski definition) is 1. The number of carbonyl (C=O) groups is 1. The molecule has 1 aliphatic heterocycles. The third-order valence-corrected chi connectivity index (χ3v) is 6.49. The van der Waals surface area contributed by atoms with Crippen LogP contribution in [0.5, 0.6) is 0 Å². The van der Waals surface area contributed by atoms with Crippen LogP contribution in [0, 0.1) is 18.8 Å². The number of carbonyl (C=O) groups excluding carboxylic acids is 1. The molecule has 1 aliphatic carbocycles. The summed E-state index contributed by atoms with van der Waals surface area (Å²) in [4.78, 5) is 15.5. The predicted octanol–water partition coefficient (Wildman–Crippen LogP) is 3.66. The number of nitrogens with two attached hydrogens (primary N) is 1. The maximum atomic E-state index is 13.5. The number of aryl methyl sites for hydroxylation is 1. The lowest BCUT2D eigenvalue weighted by Crippen LogP contribution is -2.33. The van der Waals surface area contributed by atoms with E-state index in [0.29, 0.717) is 17.4 Å². The van der Waals surface area contributed by atoms with E-state index in [1.165, 1.54) is 5.56 Å². The minimum atomic E-state index is 0.0591. The number of fused-ring (bicyclic) bond motifs is 1. The summed E-state index contributed by atoms with van der Waals surface area (Å²) in [7, 11) is 0. The van der Waals surface area contributed by atoms with Gasteiger partial charge in [-0.3, -0.25) is 4.79 Å². The van der Waals surface area contributed by atoms with Gasteiger partial charge in [-0.05, 0) is 43.7 Å². The molecule has 1 saturated carbocycles. The Labute approximate surface area is 171 Å². The summed E-state index contributed by atoms with van der Waals surface area (Å²) in [6.45, 7) is 3.63. The van der Waals surface area contributed by atoms with Gasteiger partial charge in [0, 0.05) is 30.9 Å². The van der Waals surface area contributed by atoms with Crippen LogP contribution in [-0.2, 0) is 0 Å². The standard InChI is InChI=1S/C24H26N4O/c1-16-7-10-19(11-8-16)28-15-21(23(26-28)17-5-3-2-4-6-17)24(29)27-13-18-9-12-22(25)20(18)14-27/h2-8,10-11,15,18,20,22H,9,12-14,25H2,1H3. The second-order valence-corrected chi connectivity index (χ2v) is 8.41. The van der Waals surface area contributed by atoms with E-state index in [2.05, 4.69) is 19.1 Å². The second-order valence-electron chi connectivity index (χ2n) is 8.41. The Morgan fingerprint density at radius 1 is 1.03 bits per heavy atom. The highest BCUT2D eigenvalue weighted by Crippen LogP contribution is 2.38. The maximum Gasteiger partial charge on any atom is 0.257 e. The third kappa shape index (κ3) is 3.25. The molecular formula is C24H26N4O. The molecule has 0 spiro atoms. The number of likely N-dealkylation sites (tertiary alicyclic amines) is 1. The number of rotatable bonds is 3. The van der Waals surface area contributed by atoms with Crippen molar-refractivity contribution in [2.24, 2.45) is 17.6 Å². The van der Waals surface area contributed by atoms with E-state index in [1.54, 1.807) is 0 Å². The molecule has 5 nitrogen and oxygen atoms in total. The SMILES string of the molecule is Cc1ccc(-n2cc(C(=O)N3CC4CCC(N)C4C3)c(-c3ccccc3)n2)cc1. The smallest absolute Gasteiger partial charge is 0.257 e. The van der Waals surface area contributed by atoms with Crippen LogP contribution in [0.3, 0.4) is 0 Å². The van der Waals surface area contributed by atoms with E-state index in [9.17, 15) is 4.79 Å². The molecule has 5 heteroatoms. The molecule has 0 radical (unpaired) electrons. The topological polar surface area (TPSA) is 64.2 Å². The summed E-state index contributed by atoms with van der Waals surface area (Å²) in [6, 6.07) is 18.4. The summed E-state index contributed by atoms with van der Waals surface area (Å²) < 4.78 is 1.82. The van der Waals surface area contributed by atoms with Crippen LogP contribution in [0.4, 0.5) is 0 Å². The van der Waals surface area contributed by atoms with Gasteiger partial charge in [0.15, 0.2) is 0 Å². The van der Waals surface area contributed by atoms with E-state index >= 15 is 0 Å². The van der Waals surface area contributed by atoms with Crippen molar-refractivity contribution in [3.8, 4) is 16.9 Å². The first-order valence-corrected chi connectivity index (χ1v) is 10.4. The third-order valence-electron chi connectivity index (χ3n) is 6.49. The molecule has 2 heterocycles. The molecule has 3 atom stereocenters. The summed E-state index contributed by atoms with van der Waals surface area (Å²) >= 11 is 0. The van der Waals surface area contributed by atoms with Crippen molar-refractivity contribution in [1.29, 1.82) is 0 Å². The normalized spacial score (nSPS) is 23.4. The molecule has 1 amide bonds. The Kier molecular flexibility index (Phi) is 4.47. The van der Waals surface area contributed by atoms with Crippen molar-refractivity contribution in [2.45, 2.75) is 25.8 Å². The lowest BCUT2D eigenvalue weighted by Gasteiger charge is -2.18. The molecule has 148 valence electrons. The van der Waals surface area contributed by atoms with Crippen molar-refractivity contribution in [2.75, 3.05) is 13.1 Å². The van der Waals surface area contributed by atoms with Gasteiger partial charge in [-0.15, -0.1) is 0 Å². The van der Waals surface area contributed by atoms with Gasteiger partial charge in [0.05, 0.1) is 11.3 Å². The minimum Gasteiger partial charge on any atom is -0.338 e. The van der Waals surface area contributed by atoms with Crippen LogP contribution in [-0.4, -0.2) is 39.7 Å².